The highest BCUT2D eigenvalue weighted by Gasteiger charge is 2.15. The Kier molecular flexibility index (Phi) is 4.20. The van der Waals surface area contributed by atoms with E-state index in [4.69, 9.17) is 10.5 Å². The number of hydrogen-bond acceptors (Lipinski definition) is 4. The molecule has 0 spiro atoms. The zero-order chi connectivity index (χ0) is 14.5. The maximum Gasteiger partial charge on any atom is 0.260 e. The summed E-state index contributed by atoms with van der Waals surface area (Å²) in [5.41, 5.74) is 7.52. The largest absolute Gasteiger partial charge is 0.491 e. The first-order valence-corrected chi connectivity index (χ1v) is 6.38. The van der Waals surface area contributed by atoms with Gasteiger partial charge < -0.3 is 15.8 Å². The van der Waals surface area contributed by atoms with Crippen LogP contribution in [0, 0.1) is 6.92 Å². The lowest BCUT2D eigenvalue weighted by Crippen LogP contribution is -2.15. The number of nitrogens with two attached hydrogens (primary N) is 1. The Morgan fingerprint density at radius 3 is 2.75 bits per heavy atom. The fourth-order valence-electron chi connectivity index (χ4n) is 1.84. The first kappa shape index (κ1) is 13.9. The first-order valence-electron chi connectivity index (χ1n) is 6.38. The summed E-state index contributed by atoms with van der Waals surface area (Å²) in [4.78, 5) is 16.5. The Hall–Kier alpha value is -2.56. The number of aromatic nitrogens is 1. The number of para-hydroxylation sites is 1. The fraction of sp³-hybridized carbons (Fsp3) is 0.200. The third-order valence-electron chi connectivity index (χ3n) is 2.71. The maximum atomic E-state index is 12.3. The van der Waals surface area contributed by atoms with Crippen LogP contribution in [0.15, 0.2) is 36.4 Å². The Morgan fingerprint density at radius 1 is 1.30 bits per heavy atom. The van der Waals surface area contributed by atoms with E-state index in [1.165, 1.54) is 0 Å². The molecular formula is C15H17N3O2. The smallest absolute Gasteiger partial charge is 0.260 e. The van der Waals surface area contributed by atoms with E-state index in [-0.39, 0.29) is 5.91 Å². The second-order valence-electron chi connectivity index (χ2n) is 4.28. The van der Waals surface area contributed by atoms with Crippen LogP contribution in [0.1, 0.15) is 23.0 Å². The van der Waals surface area contributed by atoms with Crippen molar-refractivity contribution < 1.29 is 9.53 Å². The topological polar surface area (TPSA) is 77.2 Å². The van der Waals surface area contributed by atoms with Crippen LogP contribution in [-0.2, 0) is 0 Å². The van der Waals surface area contributed by atoms with Crippen LogP contribution >= 0.6 is 0 Å². The number of carbonyl (C=O) groups is 1. The number of nitrogens with one attached hydrogen (secondary N) is 1. The molecule has 0 saturated carbocycles. The van der Waals surface area contributed by atoms with Gasteiger partial charge in [0, 0.05) is 5.69 Å². The van der Waals surface area contributed by atoms with E-state index in [1.54, 1.807) is 24.3 Å². The van der Waals surface area contributed by atoms with Gasteiger partial charge in [-0.2, -0.15) is 0 Å². The molecule has 5 nitrogen and oxygen atoms in total. The molecule has 2 rings (SSSR count). The van der Waals surface area contributed by atoms with Crippen LogP contribution in [0.25, 0.3) is 0 Å². The summed E-state index contributed by atoms with van der Waals surface area (Å²) >= 11 is 0. The number of rotatable bonds is 4. The van der Waals surface area contributed by atoms with Gasteiger partial charge >= 0.3 is 0 Å². The molecule has 0 bridgehead atoms. The van der Waals surface area contributed by atoms with Gasteiger partial charge in [0.1, 0.15) is 5.82 Å². The van der Waals surface area contributed by atoms with Crippen molar-refractivity contribution in [1.29, 1.82) is 0 Å². The molecule has 104 valence electrons. The Bertz CT molecular complexity index is 626. The molecule has 0 saturated heterocycles. The van der Waals surface area contributed by atoms with Gasteiger partial charge in [-0.3, -0.25) is 4.79 Å². The van der Waals surface area contributed by atoms with E-state index in [2.05, 4.69) is 10.3 Å². The van der Waals surface area contributed by atoms with Crippen LogP contribution in [0.5, 0.6) is 5.75 Å². The quantitative estimate of drug-likeness (QED) is 0.838. The number of amides is 1. The lowest BCUT2D eigenvalue weighted by atomic mass is 10.1. The minimum atomic E-state index is -0.293. The minimum Gasteiger partial charge on any atom is -0.491 e. The molecule has 3 N–H and O–H groups in total. The standard InChI is InChI=1S/C15H17N3O2/c1-3-20-14-11(7-5-8-12(14)16)15(19)18-13-9-4-6-10(2)17-13/h4-9H,3,16H2,1-2H3,(H,17,18,19). The Morgan fingerprint density at radius 2 is 2.05 bits per heavy atom. The maximum absolute atomic E-state index is 12.3. The summed E-state index contributed by atoms with van der Waals surface area (Å²) in [7, 11) is 0. The molecule has 0 aliphatic rings. The van der Waals surface area contributed by atoms with Crippen molar-refractivity contribution in [1.82, 2.24) is 4.98 Å². The minimum absolute atomic E-state index is 0.293. The van der Waals surface area contributed by atoms with Crippen molar-refractivity contribution in [3.63, 3.8) is 0 Å². The molecule has 5 heteroatoms. The highest BCUT2D eigenvalue weighted by Crippen LogP contribution is 2.27. The van der Waals surface area contributed by atoms with Gasteiger partial charge in [0.25, 0.3) is 5.91 Å². The molecule has 2 aromatic rings. The predicted molar refractivity (Wildman–Crippen MR) is 79.0 cm³/mol. The number of benzene rings is 1. The fourth-order valence-corrected chi connectivity index (χ4v) is 1.84. The van der Waals surface area contributed by atoms with Gasteiger partial charge in [0.2, 0.25) is 0 Å². The summed E-state index contributed by atoms with van der Waals surface area (Å²) in [6.45, 7) is 4.15. The first-order chi connectivity index (χ1) is 9.61. The molecule has 0 atom stereocenters. The normalized spacial score (nSPS) is 10.1. The number of aryl methyl sites for hydroxylation is 1. The Labute approximate surface area is 117 Å². The molecule has 0 aliphatic carbocycles. The van der Waals surface area contributed by atoms with E-state index in [0.717, 1.165) is 5.69 Å². The van der Waals surface area contributed by atoms with E-state index in [9.17, 15) is 4.79 Å². The highest BCUT2D eigenvalue weighted by molar-refractivity contribution is 6.06. The molecule has 0 unspecified atom stereocenters. The van der Waals surface area contributed by atoms with E-state index < -0.39 is 0 Å². The SMILES string of the molecule is CCOc1c(N)cccc1C(=O)Nc1cccc(C)n1. The van der Waals surface area contributed by atoms with E-state index in [0.29, 0.717) is 29.4 Å². The lowest BCUT2D eigenvalue weighted by Gasteiger charge is -2.12. The number of hydrogen-bond donors (Lipinski definition) is 2. The number of nitrogen functional groups attached to an aromatic ring is 1. The monoisotopic (exact) mass is 271 g/mol. The highest BCUT2D eigenvalue weighted by atomic mass is 16.5. The average molecular weight is 271 g/mol. The molecule has 0 aliphatic heterocycles. The van der Waals surface area contributed by atoms with Crippen molar-refractivity contribution >= 4 is 17.4 Å². The second-order valence-corrected chi connectivity index (χ2v) is 4.28. The molecule has 1 amide bonds. The van der Waals surface area contributed by atoms with Gasteiger partial charge in [-0.1, -0.05) is 12.1 Å². The van der Waals surface area contributed by atoms with Crippen molar-refractivity contribution in [2.45, 2.75) is 13.8 Å². The van der Waals surface area contributed by atoms with Gasteiger partial charge in [-0.05, 0) is 38.1 Å². The summed E-state index contributed by atoms with van der Waals surface area (Å²) in [5.74, 6) is 0.610. The van der Waals surface area contributed by atoms with Crippen molar-refractivity contribution in [3.05, 3.63) is 47.7 Å². The van der Waals surface area contributed by atoms with Crippen LogP contribution in [0.3, 0.4) is 0 Å². The molecule has 1 aromatic heterocycles. The second kappa shape index (κ2) is 6.06. The third-order valence-corrected chi connectivity index (χ3v) is 2.71. The number of anilines is 2. The number of pyridine rings is 1. The van der Waals surface area contributed by atoms with Gasteiger partial charge in [-0.15, -0.1) is 0 Å². The van der Waals surface area contributed by atoms with Gasteiger partial charge in [0.15, 0.2) is 5.75 Å². The van der Waals surface area contributed by atoms with Crippen molar-refractivity contribution in [3.8, 4) is 5.75 Å². The third kappa shape index (κ3) is 3.06. The van der Waals surface area contributed by atoms with Gasteiger partial charge in [-0.25, -0.2) is 4.98 Å². The van der Waals surface area contributed by atoms with Crippen LogP contribution in [0.4, 0.5) is 11.5 Å². The molecule has 20 heavy (non-hydrogen) atoms. The van der Waals surface area contributed by atoms with Gasteiger partial charge in [0.05, 0.1) is 17.9 Å². The summed E-state index contributed by atoms with van der Waals surface area (Å²) in [6, 6.07) is 10.5. The molecule has 0 radical (unpaired) electrons. The number of carbonyl (C=O) groups excluding carboxylic acids is 1. The molecule has 1 heterocycles. The van der Waals surface area contributed by atoms with Crippen LogP contribution in [-0.4, -0.2) is 17.5 Å². The molecule has 0 fully saturated rings. The van der Waals surface area contributed by atoms with Crippen LogP contribution < -0.4 is 15.8 Å². The zero-order valence-electron chi connectivity index (χ0n) is 11.5. The van der Waals surface area contributed by atoms with E-state index >= 15 is 0 Å². The predicted octanol–water partition coefficient (Wildman–Crippen LogP) is 2.62. The van der Waals surface area contributed by atoms with Crippen molar-refractivity contribution in [2.24, 2.45) is 0 Å². The van der Waals surface area contributed by atoms with E-state index in [1.807, 2.05) is 26.0 Å². The number of nitrogens with zero attached hydrogens (tertiary/aromatic N) is 1. The molecule has 1 aromatic carbocycles. The molecular weight excluding hydrogens is 254 g/mol. The van der Waals surface area contributed by atoms with Crippen LogP contribution in [0.2, 0.25) is 0 Å². The summed E-state index contributed by atoms with van der Waals surface area (Å²) < 4.78 is 5.44. The Balaban J connectivity index is 2.27. The van der Waals surface area contributed by atoms with Crippen molar-refractivity contribution in [2.75, 3.05) is 17.7 Å². The number of ether oxygens (including phenoxy) is 1. The lowest BCUT2D eigenvalue weighted by molar-refractivity contribution is 0.102. The summed E-state index contributed by atoms with van der Waals surface area (Å²) in [6.07, 6.45) is 0. The summed E-state index contributed by atoms with van der Waals surface area (Å²) in [5, 5.41) is 2.74. The zero-order valence-corrected chi connectivity index (χ0v) is 11.5. The average Bonchev–Trinajstić information content (AvgIpc) is 2.41.